The first-order valence-corrected chi connectivity index (χ1v) is 8.55. The molecule has 0 aromatic heterocycles. The number of nitrogens with two attached hydrogens (primary N) is 1. The summed E-state index contributed by atoms with van der Waals surface area (Å²) in [4.78, 5) is 13.9. The van der Waals surface area contributed by atoms with Crippen LogP contribution in [0, 0.1) is 5.92 Å². The monoisotopic (exact) mass is 311 g/mol. The molecule has 1 atom stereocenters. The molecule has 0 spiro atoms. The van der Waals surface area contributed by atoms with Crippen molar-refractivity contribution in [2.45, 2.75) is 31.2 Å². The first-order valence-electron chi connectivity index (χ1n) is 7.01. The Morgan fingerprint density at radius 3 is 2.90 bits per heavy atom. The molecule has 0 bridgehead atoms. The van der Waals surface area contributed by atoms with Gasteiger partial charge in [0.05, 0.1) is 4.90 Å². The molecule has 1 aromatic carbocycles. The largest absolute Gasteiger partial charge is 0.334 e. The molecule has 116 valence electrons. The van der Waals surface area contributed by atoms with Crippen LogP contribution in [0.15, 0.2) is 29.2 Å². The zero-order valence-electron chi connectivity index (χ0n) is 12.1. The first kappa shape index (κ1) is 15.8. The molecule has 1 aliphatic heterocycles. The van der Waals surface area contributed by atoms with Gasteiger partial charge in [0.2, 0.25) is 10.0 Å². The lowest BCUT2D eigenvalue weighted by atomic mass is 10.0. The molecule has 0 aliphatic carbocycles. The SMILES string of the molecule is CC1CCCN(C(=O)NCc2cccc(S(N)(=O)=O)c2)C1. The van der Waals surface area contributed by atoms with Gasteiger partial charge >= 0.3 is 6.03 Å². The van der Waals surface area contributed by atoms with Crippen LogP contribution in [-0.2, 0) is 16.6 Å². The maximum atomic E-state index is 12.1. The maximum absolute atomic E-state index is 12.1. The van der Waals surface area contributed by atoms with E-state index < -0.39 is 10.0 Å². The van der Waals surface area contributed by atoms with Crippen molar-refractivity contribution in [2.75, 3.05) is 13.1 Å². The molecule has 1 saturated heterocycles. The third kappa shape index (κ3) is 4.44. The Kier molecular flexibility index (Phi) is 4.84. The van der Waals surface area contributed by atoms with Crippen molar-refractivity contribution in [1.29, 1.82) is 0 Å². The molecule has 2 rings (SSSR count). The van der Waals surface area contributed by atoms with Gasteiger partial charge in [-0.25, -0.2) is 18.4 Å². The molecule has 2 amide bonds. The zero-order chi connectivity index (χ0) is 15.5. The Morgan fingerprint density at radius 2 is 2.24 bits per heavy atom. The van der Waals surface area contributed by atoms with Crippen LogP contribution in [0.3, 0.4) is 0 Å². The van der Waals surface area contributed by atoms with Gasteiger partial charge in [0.1, 0.15) is 0 Å². The van der Waals surface area contributed by atoms with Gasteiger partial charge in [-0.05, 0) is 36.5 Å². The molecular formula is C14H21N3O3S. The van der Waals surface area contributed by atoms with Gasteiger partial charge in [0.15, 0.2) is 0 Å². The van der Waals surface area contributed by atoms with E-state index in [-0.39, 0.29) is 17.5 Å². The van der Waals surface area contributed by atoms with Crippen LogP contribution in [-0.4, -0.2) is 32.4 Å². The number of likely N-dealkylation sites (tertiary alicyclic amines) is 1. The second-order valence-electron chi connectivity index (χ2n) is 5.54. The third-order valence-corrected chi connectivity index (χ3v) is 4.53. The van der Waals surface area contributed by atoms with Gasteiger partial charge < -0.3 is 10.2 Å². The number of benzene rings is 1. The summed E-state index contributed by atoms with van der Waals surface area (Å²) in [6.07, 6.45) is 2.18. The number of carbonyl (C=O) groups excluding carboxylic acids is 1. The van der Waals surface area contributed by atoms with Gasteiger partial charge in [-0.3, -0.25) is 0 Å². The number of sulfonamides is 1. The average molecular weight is 311 g/mol. The summed E-state index contributed by atoms with van der Waals surface area (Å²) in [5, 5.41) is 7.91. The fraction of sp³-hybridized carbons (Fsp3) is 0.500. The van der Waals surface area contributed by atoms with Crippen LogP contribution >= 0.6 is 0 Å². The van der Waals surface area contributed by atoms with Crippen molar-refractivity contribution in [1.82, 2.24) is 10.2 Å². The number of piperidine rings is 1. The van der Waals surface area contributed by atoms with E-state index in [1.165, 1.54) is 12.1 Å². The predicted octanol–water partition coefficient (Wildman–Crippen LogP) is 1.28. The second-order valence-corrected chi connectivity index (χ2v) is 7.11. The van der Waals surface area contributed by atoms with E-state index in [4.69, 9.17) is 5.14 Å². The Morgan fingerprint density at radius 1 is 1.48 bits per heavy atom. The van der Waals surface area contributed by atoms with Crippen molar-refractivity contribution in [3.63, 3.8) is 0 Å². The maximum Gasteiger partial charge on any atom is 0.317 e. The first-order chi connectivity index (χ1) is 9.86. The summed E-state index contributed by atoms with van der Waals surface area (Å²) < 4.78 is 22.6. The highest BCUT2D eigenvalue weighted by Gasteiger charge is 2.20. The van der Waals surface area contributed by atoms with Crippen LogP contribution < -0.4 is 10.5 Å². The number of primary sulfonamides is 1. The fourth-order valence-electron chi connectivity index (χ4n) is 2.50. The Balaban J connectivity index is 1.95. The van der Waals surface area contributed by atoms with Crippen LogP contribution in [0.4, 0.5) is 4.79 Å². The lowest BCUT2D eigenvalue weighted by Crippen LogP contribution is -2.44. The van der Waals surface area contributed by atoms with Gasteiger partial charge in [-0.15, -0.1) is 0 Å². The molecule has 1 aromatic rings. The highest BCUT2D eigenvalue weighted by Crippen LogP contribution is 2.15. The molecule has 21 heavy (non-hydrogen) atoms. The summed E-state index contributed by atoms with van der Waals surface area (Å²) in [7, 11) is -3.71. The van der Waals surface area contributed by atoms with Crippen molar-refractivity contribution in [3.05, 3.63) is 29.8 Å². The molecule has 3 N–H and O–H groups in total. The number of carbonyl (C=O) groups is 1. The van der Waals surface area contributed by atoms with E-state index in [1.54, 1.807) is 17.0 Å². The standard InChI is InChI=1S/C14H21N3O3S/c1-11-4-3-7-17(10-11)14(18)16-9-12-5-2-6-13(8-12)21(15,19)20/h2,5-6,8,11H,3-4,7,9-10H2,1H3,(H,16,18)(H2,15,19,20). The highest BCUT2D eigenvalue weighted by molar-refractivity contribution is 7.89. The summed E-state index contributed by atoms with van der Waals surface area (Å²) in [5.41, 5.74) is 0.708. The number of hydrogen-bond acceptors (Lipinski definition) is 3. The van der Waals surface area contributed by atoms with Crippen LogP contribution in [0.2, 0.25) is 0 Å². The molecule has 1 fully saturated rings. The Bertz CT molecular complexity index is 616. The van der Waals surface area contributed by atoms with Crippen molar-refractivity contribution < 1.29 is 13.2 Å². The lowest BCUT2D eigenvalue weighted by Gasteiger charge is -2.30. The average Bonchev–Trinajstić information content (AvgIpc) is 2.44. The van der Waals surface area contributed by atoms with Crippen LogP contribution in [0.25, 0.3) is 0 Å². The summed E-state index contributed by atoms with van der Waals surface area (Å²) in [6, 6.07) is 6.18. The minimum atomic E-state index is -3.71. The van der Waals surface area contributed by atoms with E-state index >= 15 is 0 Å². The molecule has 1 heterocycles. The highest BCUT2D eigenvalue weighted by atomic mass is 32.2. The zero-order valence-corrected chi connectivity index (χ0v) is 12.9. The number of hydrogen-bond donors (Lipinski definition) is 2. The molecule has 0 radical (unpaired) electrons. The third-order valence-electron chi connectivity index (χ3n) is 3.61. The molecule has 7 heteroatoms. The van der Waals surface area contributed by atoms with E-state index in [0.29, 0.717) is 11.5 Å². The Hall–Kier alpha value is -1.60. The van der Waals surface area contributed by atoms with Gasteiger partial charge in [0.25, 0.3) is 0 Å². The molecule has 1 unspecified atom stereocenters. The van der Waals surface area contributed by atoms with E-state index in [9.17, 15) is 13.2 Å². The molecule has 6 nitrogen and oxygen atoms in total. The topological polar surface area (TPSA) is 92.5 Å². The van der Waals surface area contributed by atoms with Crippen molar-refractivity contribution in [2.24, 2.45) is 11.1 Å². The van der Waals surface area contributed by atoms with Gasteiger partial charge in [0, 0.05) is 19.6 Å². The van der Waals surface area contributed by atoms with E-state index in [1.807, 2.05) is 0 Å². The summed E-state index contributed by atoms with van der Waals surface area (Å²) in [6.45, 7) is 3.96. The van der Waals surface area contributed by atoms with Crippen LogP contribution in [0.1, 0.15) is 25.3 Å². The minimum Gasteiger partial charge on any atom is -0.334 e. The lowest BCUT2D eigenvalue weighted by molar-refractivity contribution is 0.169. The number of nitrogens with one attached hydrogen (secondary N) is 1. The second kappa shape index (κ2) is 6.44. The summed E-state index contributed by atoms with van der Waals surface area (Å²) in [5.74, 6) is 0.523. The van der Waals surface area contributed by atoms with Gasteiger partial charge in [-0.1, -0.05) is 19.1 Å². The van der Waals surface area contributed by atoms with Gasteiger partial charge in [-0.2, -0.15) is 0 Å². The molecular weight excluding hydrogens is 290 g/mol. The van der Waals surface area contributed by atoms with Crippen molar-refractivity contribution >= 4 is 16.1 Å². The normalized spacial score (nSPS) is 19.3. The number of urea groups is 1. The quantitative estimate of drug-likeness (QED) is 0.880. The Labute approximate surface area is 125 Å². The number of amides is 2. The number of nitrogens with zero attached hydrogens (tertiary/aromatic N) is 1. The number of rotatable bonds is 3. The van der Waals surface area contributed by atoms with Crippen LogP contribution in [0.5, 0.6) is 0 Å². The predicted molar refractivity (Wildman–Crippen MR) is 80.0 cm³/mol. The smallest absolute Gasteiger partial charge is 0.317 e. The van der Waals surface area contributed by atoms with Crippen molar-refractivity contribution in [3.8, 4) is 0 Å². The van der Waals surface area contributed by atoms with E-state index in [2.05, 4.69) is 12.2 Å². The summed E-state index contributed by atoms with van der Waals surface area (Å²) >= 11 is 0. The fourth-order valence-corrected chi connectivity index (χ4v) is 3.08. The molecule has 0 saturated carbocycles. The molecule has 1 aliphatic rings. The minimum absolute atomic E-state index is 0.0563. The van der Waals surface area contributed by atoms with E-state index in [0.717, 1.165) is 25.9 Å².